The molecular weight excluding hydrogens is 162 g/mol. The summed E-state index contributed by atoms with van der Waals surface area (Å²) < 4.78 is 0. The molecule has 0 heterocycles. The molecule has 13 heavy (non-hydrogen) atoms. The van der Waals surface area contributed by atoms with E-state index in [9.17, 15) is 4.79 Å². The molecule has 0 radical (unpaired) electrons. The molecule has 2 nitrogen and oxygen atoms in total. The van der Waals surface area contributed by atoms with Crippen LogP contribution < -0.4 is 0 Å². The maximum atomic E-state index is 11.2. The summed E-state index contributed by atoms with van der Waals surface area (Å²) in [6, 6.07) is 0. The Hall–Kier alpha value is -0.790. The largest absolute Gasteiger partial charge is 0.345 e. The SMILES string of the molecule is CN(C)C(=O)/C=C/C1CCCCC1. The van der Waals surface area contributed by atoms with Crippen molar-refractivity contribution < 1.29 is 4.79 Å². The summed E-state index contributed by atoms with van der Waals surface area (Å²) in [4.78, 5) is 12.8. The molecule has 0 aromatic rings. The number of likely N-dealkylation sites (N-methyl/N-ethyl adjacent to an activating group) is 1. The molecule has 1 amide bonds. The zero-order valence-corrected chi connectivity index (χ0v) is 8.62. The van der Waals surface area contributed by atoms with Crippen LogP contribution in [0.4, 0.5) is 0 Å². The van der Waals surface area contributed by atoms with Gasteiger partial charge >= 0.3 is 0 Å². The van der Waals surface area contributed by atoms with Crippen molar-refractivity contribution >= 4 is 5.91 Å². The predicted octanol–water partition coefficient (Wildman–Crippen LogP) is 2.21. The first-order valence-electron chi connectivity index (χ1n) is 5.09. The number of carbonyl (C=O) groups excluding carboxylic acids is 1. The highest BCUT2D eigenvalue weighted by Crippen LogP contribution is 2.24. The summed E-state index contributed by atoms with van der Waals surface area (Å²) in [5, 5.41) is 0. The van der Waals surface area contributed by atoms with E-state index in [-0.39, 0.29) is 5.91 Å². The first-order valence-corrected chi connectivity index (χ1v) is 5.09. The van der Waals surface area contributed by atoms with Crippen molar-refractivity contribution in [3.05, 3.63) is 12.2 Å². The molecule has 0 aromatic heterocycles. The van der Waals surface area contributed by atoms with Gasteiger partial charge in [-0.05, 0) is 24.8 Å². The van der Waals surface area contributed by atoms with Crippen LogP contribution in [-0.2, 0) is 4.79 Å². The van der Waals surface area contributed by atoms with Crippen molar-refractivity contribution in [1.82, 2.24) is 4.90 Å². The molecular formula is C11H19NO. The van der Waals surface area contributed by atoms with Gasteiger partial charge in [0.1, 0.15) is 0 Å². The topological polar surface area (TPSA) is 20.3 Å². The van der Waals surface area contributed by atoms with E-state index in [0.29, 0.717) is 5.92 Å². The highest BCUT2D eigenvalue weighted by atomic mass is 16.2. The van der Waals surface area contributed by atoms with Crippen molar-refractivity contribution in [2.45, 2.75) is 32.1 Å². The van der Waals surface area contributed by atoms with Crippen LogP contribution in [0.2, 0.25) is 0 Å². The van der Waals surface area contributed by atoms with Gasteiger partial charge in [-0.3, -0.25) is 4.79 Å². The van der Waals surface area contributed by atoms with Crippen molar-refractivity contribution in [3.8, 4) is 0 Å². The van der Waals surface area contributed by atoms with E-state index in [1.165, 1.54) is 32.1 Å². The molecule has 0 atom stereocenters. The molecule has 0 bridgehead atoms. The minimum atomic E-state index is 0.102. The van der Waals surface area contributed by atoms with Crippen molar-refractivity contribution in [3.63, 3.8) is 0 Å². The minimum Gasteiger partial charge on any atom is -0.345 e. The summed E-state index contributed by atoms with van der Waals surface area (Å²) >= 11 is 0. The van der Waals surface area contributed by atoms with Crippen LogP contribution in [0.1, 0.15) is 32.1 Å². The summed E-state index contributed by atoms with van der Waals surface area (Å²) in [5.74, 6) is 0.753. The third-order valence-electron chi connectivity index (χ3n) is 2.60. The fourth-order valence-corrected chi connectivity index (χ4v) is 1.69. The van der Waals surface area contributed by atoms with E-state index < -0.39 is 0 Å². The van der Waals surface area contributed by atoms with E-state index in [2.05, 4.69) is 6.08 Å². The van der Waals surface area contributed by atoms with Crippen LogP contribution in [0.5, 0.6) is 0 Å². The van der Waals surface area contributed by atoms with Crippen LogP contribution >= 0.6 is 0 Å². The van der Waals surface area contributed by atoms with Gasteiger partial charge in [-0.1, -0.05) is 25.3 Å². The summed E-state index contributed by atoms with van der Waals surface area (Å²) in [5.41, 5.74) is 0. The Kier molecular flexibility index (Phi) is 4.00. The molecule has 0 unspecified atom stereocenters. The highest BCUT2D eigenvalue weighted by molar-refractivity contribution is 5.87. The smallest absolute Gasteiger partial charge is 0.245 e. The maximum absolute atomic E-state index is 11.2. The average molecular weight is 181 g/mol. The second kappa shape index (κ2) is 5.05. The summed E-state index contributed by atoms with van der Waals surface area (Å²) in [6.45, 7) is 0. The molecule has 74 valence electrons. The van der Waals surface area contributed by atoms with E-state index in [1.54, 1.807) is 25.1 Å². The number of rotatable bonds is 2. The molecule has 0 saturated heterocycles. The Morgan fingerprint density at radius 2 is 1.85 bits per heavy atom. The lowest BCUT2D eigenvalue weighted by atomic mass is 9.89. The number of amides is 1. The highest BCUT2D eigenvalue weighted by Gasteiger charge is 2.10. The predicted molar refractivity (Wildman–Crippen MR) is 54.4 cm³/mol. The standard InChI is InChI=1S/C11H19NO/c1-12(2)11(13)9-8-10-6-4-3-5-7-10/h8-10H,3-7H2,1-2H3/b9-8+. The summed E-state index contributed by atoms with van der Waals surface area (Å²) in [6.07, 6.45) is 10.3. The van der Waals surface area contributed by atoms with Crippen molar-refractivity contribution in [2.75, 3.05) is 14.1 Å². The van der Waals surface area contributed by atoms with Crippen LogP contribution in [0.15, 0.2) is 12.2 Å². The molecule has 1 aliphatic rings. The lowest BCUT2D eigenvalue weighted by molar-refractivity contribution is -0.123. The van der Waals surface area contributed by atoms with Gasteiger partial charge in [0.05, 0.1) is 0 Å². The number of carbonyl (C=O) groups is 1. The third kappa shape index (κ3) is 3.62. The fourth-order valence-electron chi connectivity index (χ4n) is 1.69. The molecule has 1 fully saturated rings. The number of nitrogens with zero attached hydrogens (tertiary/aromatic N) is 1. The number of allylic oxidation sites excluding steroid dienone is 1. The lowest BCUT2D eigenvalue weighted by Gasteiger charge is -2.17. The van der Waals surface area contributed by atoms with Crippen molar-refractivity contribution in [2.24, 2.45) is 5.92 Å². The molecule has 2 heteroatoms. The van der Waals surface area contributed by atoms with E-state index in [1.807, 2.05) is 0 Å². The molecule has 0 aliphatic heterocycles. The average Bonchev–Trinajstić information content (AvgIpc) is 2.15. The van der Waals surface area contributed by atoms with Gasteiger partial charge in [0.2, 0.25) is 5.91 Å². The van der Waals surface area contributed by atoms with Crippen LogP contribution in [0, 0.1) is 5.92 Å². The quantitative estimate of drug-likeness (QED) is 0.598. The molecule has 1 saturated carbocycles. The Bertz CT molecular complexity index is 190. The van der Waals surface area contributed by atoms with E-state index in [4.69, 9.17) is 0 Å². The second-order valence-electron chi connectivity index (χ2n) is 3.99. The summed E-state index contributed by atoms with van der Waals surface area (Å²) in [7, 11) is 3.57. The van der Waals surface area contributed by atoms with Gasteiger partial charge in [0, 0.05) is 14.1 Å². The second-order valence-corrected chi connectivity index (χ2v) is 3.99. The van der Waals surface area contributed by atoms with Gasteiger partial charge < -0.3 is 4.90 Å². The van der Waals surface area contributed by atoms with Gasteiger partial charge in [0.15, 0.2) is 0 Å². The van der Waals surface area contributed by atoms with Crippen LogP contribution in [0.3, 0.4) is 0 Å². The third-order valence-corrected chi connectivity index (χ3v) is 2.60. The molecule has 0 spiro atoms. The van der Waals surface area contributed by atoms with E-state index >= 15 is 0 Å². The first kappa shape index (κ1) is 10.3. The molecule has 0 N–H and O–H groups in total. The Morgan fingerprint density at radius 3 is 2.38 bits per heavy atom. The van der Waals surface area contributed by atoms with Crippen LogP contribution in [-0.4, -0.2) is 24.9 Å². The lowest BCUT2D eigenvalue weighted by Crippen LogP contribution is -2.19. The van der Waals surface area contributed by atoms with Gasteiger partial charge in [-0.15, -0.1) is 0 Å². The molecule has 1 rings (SSSR count). The van der Waals surface area contributed by atoms with Crippen molar-refractivity contribution in [1.29, 1.82) is 0 Å². The minimum absolute atomic E-state index is 0.102. The van der Waals surface area contributed by atoms with Crippen LogP contribution in [0.25, 0.3) is 0 Å². The molecule has 0 aromatic carbocycles. The monoisotopic (exact) mass is 181 g/mol. The zero-order valence-electron chi connectivity index (χ0n) is 8.62. The van der Waals surface area contributed by atoms with Gasteiger partial charge in [0.25, 0.3) is 0 Å². The van der Waals surface area contributed by atoms with E-state index in [0.717, 1.165) is 0 Å². The van der Waals surface area contributed by atoms with Gasteiger partial charge in [-0.2, -0.15) is 0 Å². The first-order chi connectivity index (χ1) is 6.20. The molecule has 1 aliphatic carbocycles. The Balaban J connectivity index is 2.33. The fraction of sp³-hybridized carbons (Fsp3) is 0.727. The Morgan fingerprint density at radius 1 is 1.23 bits per heavy atom. The Labute approximate surface area is 80.6 Å². The number of hydrogen-bond donors (Lipinski definition) is 0. The zero-order chi connectivity index (χ0) is 9.68. The maximum Gasteiger partial charge on any atom is 0.245 e. The number of hydrogen-bond acceptors (Lipinski definition) is 1. The normalized spacial score (nSPS) is 19.2. The van der Waals surface area contributed by atoms with Gasteiger partial charge in [-0.25, -0.2) is 0 Å².